The van der Waals surface area contributed by atoms with E-state index >= 15 is 0 Å². The largest absolute Gasteiger partial charge is 0.481 e. The van der Waals surface area contributed by atoms with Gasteiger partial charge < -0.3 is 51.1 Å². The van der Waals surface area contributed by atoms with Crippen LogP contribution >= 0.6 is 0 Å². The zero-order valence-electron chi connectivity index (χ0n) is 61.7. The van der Waals surface area contributed by atoms with Crippen molar-refractivity contribution in [2.45, 2.75) is 439 Å². The molecule has 0 heterocycles. The second kappa shape index (κ2) is 81.1. The fourth-order valence-corrected chi connectivity index (χ4v) is 11.1. The third kappa shape index (κ3) is 98.7. The van der Waals surface area contributed by atoms with E-state index in [2.05, 4.69) is 55.4 Å². The Morgan fingerprint density at radius 2 is 0.315 bits per heavy atom. The van der Waals surface area contributed by atoms with E-state index in [4.69, 9.17) is 51.1 Å². The topological polar surface area (TPSA) is 271 Å². The van der Waals surface area contributed by atoms with Gasteiger partial charge in [-0.3, -0.25) is 19.2 Å². The summed E-state index contributed by atoms with van der Waals surface area (Å²) in [6.45, 7) is 17.0. The molecular weight excluding hydrogens is 1160 g/mol. The number of aliphatic carboxylic acids is 4. The molecule has 0 radical (unpaired) electrons. The standard InChI is InChI=1S/4C18H36O2.C6H14O6/c4*1-17(2)15-13-11-9-7-5-3-4-6-8-10-12-14-16-18(19)20;7-1-3(9)5(11)6(12)4(10)2-8/h4*17H,3-16H2,1-2H3,(H,19,20);3-12H,1-2H2/t;;;;3-,4+,5-,6-/m....1/s1. The van der Waals surface area contributed by atoms with Gasteiger partial charge in [-0.05, 0) is 49.4 Å². The van der Waals surface area contributed by atoms with Crippen molar-refractivity contribution in [2.75, 3.05) is 13.2 Å². The first-order chi connectivity index (χ1) is 44.0. The summed E-state index contributed by atoms with van der Waals surface area (Å²) >= 11 is 0. The molecule has 0 rings (SSSR count). The van der Waals surface area contributed by atoms with Gasteiger partial charge in [0, 0.05) is 25.7 Å². The molecule has 14 nitrogen and oxygen atoms in total. The number of hydrogen-bond acceptors (Lipinski definition) is 10. The van der Waals surface area contributed by atoms with Crippen molar-refractivity contribution in [2.24, 2.45) is 23.7 Å². The van der Waals surface area contributed by atoms with Crippen LogP contribution in [0.4, 0.5) is 0 Å². The number of unbranched alkanes of at least 4 members (excludes halogenated alkanes) is 44. The van der Waals surface area contributed by atoms with Crippen LogP contribution in [0.25, 0.3) is 0 Å². The molecule has 554 valence electrons. The summed E-state index contributed by atoms with van der Waals surface area (Å²) in [6, 6.07) is 0. The lowest BCUT2D eigenvalue weighted by Gasteiger charge is -2.24. The van der Waals surface area contributed by atoms with Crippen molar-refractivity contribution in [3.05, 3.63) is 0 Å². The van der Waals surface area contributed by atoms with E-state index in [9.17, 15) is 19.2 Å². The van der Waals surface area contributed by atoms with Crippen LogP contribution in [0.15, 0.2) is 0 Å². The number of carboxylic acid groups (broad SMARTS) is 4. The Morgan fingerprint density at radius 1 is 0.207 bits per heavy atom. The highest BCUT2D eigenvalue weighted by Crippen LogP contribution is 2.19. The van der Waals surface area contributed by atoms with Crippen LogP contribution in [-0.4, -0.2) is 113 Å². The number of carboxylic acids is 4. The van der Waals surface area contributed by atoms with E-state index in [1.165, 1.54) is 283 Å². The van der Waals surface area contributed by atoms with Gasteiger partial charge in [0.05, 0.1) is 13.2 Å². The van der Waals surface area contributed by atoms with Crippen LogP contribution in [0.5, 0.6) is 0 Å². The van der Waals surface area contributed by atoms with Gasteiger partial charge in [0.2, 0.25) is 0 Å². The summed E-state index contributed by atoms with van der Waals surface area (Å²) in [5.74, 6) is 0.848. The number of hydrogen-bond donors (Lipinski definition) is 10. The molecule has 0 amide bonds. The lowest BCUT2D eigenvalue weighted by atomic mass is 10.0. The van der Waals surface area contributed by atoms with Crippen molar-refractivity contribution in [3.63, 3.8) is 0 Å². The number of rotatable bonds is 65. The van der Waals surface area contributed by atoms with Gasteiger partial charge in [0.15, 0.2) is 0 Å². The van der Waals surface area contributed by atoms with E-state index in [0.29, 0.717) is 25.7 Å². The van der Waals surface area contributed by atoms with Crippen LogP contribution in [0.1, 0.15) is 415 Å². The molecule has 0 aliphatic carbocycles. The van der Waals surface area contributed by atoms with Crippen LogP contribution in [0, 0.1) is 23.7 Å². The van der Waals surface area contributed by atoms with Gasteiger partial charge in [0.1, 0.15) is 24.4 Å². The molecule has 92 heavy (non-hydrogen) atoms. The second-order valence-electron chi connectivity index (χ2n) is 28.8. The molecule has 0 aliphatic heterocycles. The highest BCUT2D eigenvalue weighted by Gasteiger charge is 2.29. The highest BCUT2D eigenvalue weighted by atomic mass is 16.4. The van der Waals surface area contributed by atoms with E-state index in [1.807, 2.05) is 0 Å². The normalized spacial score (nSPS) is 12.5. The Bertz CT molecular complexity index is 1260. The molecule has 0 aromatic heterocycles. The molecule has 0 aromatic rings. The van der Waals surface area contributed by atoms with Gasteiger partial charge in [0.25, 0.3) is 0 Å². The minimum Gasteiger partial charge on any atom is -0.481 e. The van der Waals surface area contributed by atoms with E-state index < -0.39 is 61.5 Å². The molecule has 0 saturated carbocycles. The van der Waals surface area contributed by atoms with Crippen LogP contribution in [0.3, 0.4) is 0 Å². The van der Waals surface area contributed by atoms with Gasteiger partial charge in [-0.25, -0.2) is 0 Å². The zero-order chi connectivity index (χ0) is 69.9. The summed E-state index contributed by atoms with van der Waals surface area (Å²) in [5.41, 5.74) is 0. The summed E-state index contributed by atoms with van der Waals surface area (Å²) in [6.07, 6.45) is 62.9. The van der Waals surface area contributed by atoms with Crippen molar-refractivity contribution >= 4 is 23.9 Å². The summed E-state index contributed by atoms with van der Waals surface area (Å²) < 4.78 is 0. The smallest absolute Gasteiger partial charge is 0.303 e. The van der Waals surface area contributed by atoms with Crippen molar-refractivity contribution in [1.29, 1.82) is 0 Å². The third-order valence-electron chi connectivity index (χ3n) is 17.2. The third-order valence-corrected chi connectivity index (χ3v) is 17.2. The predicted octanol–water partition coefficient (Wildman–Crippen LogP) is 21.2. The molecule has 0 fully saturated rings. The summed E-state index contributed by atoms with van der Waals surface area (Å²) in [7, 11) is 0. The maximum atomic E-state index is 10.3. The fourth-order valence-electron chi connectivity index (χ4n) is 11.1. The first kappa shape index (κ1) is 98.3. The molecule has 0 aliphatic rings. The maximum Gasteiger partial charge on any atom is 0.303 e. The monoisotopic (exact) mass is 1320 g/mol. The molecule has 0 saturated heterocycles. The maximum absolute atomic E-state index is 10.3. The number of aliphatic hydroxyl groups is 6. The molecule has 0 spiro atoms. The van der Waals surface area contributed by atoms with Gasteiger partial charge >= 0.3 is 23.9 Å². The first-order valence-electron chi connectivity index (χ1n) is 38.9. The Labute approximate surface area is 567 Å². The van der Waals surface area contributed by atoms with E-state index in [1.54, 1.807) is 0 Å². The fraction of sp³-hybridized carbons (Fsp3) is 0.949. The zero-order valence-corrected chi connectivity index (χ0v) is 61.7. The minimum atomic E-state index is -1.67. The average molecular weight is 1320 g/mol. The second-order valence-corrected chi connectivity index (χ2v) is 28.8. The SMILES string of the molecule is CC(C)CCCCCCCCCCCCCCC(=O)O.CC(C)CCCCCCCCCCCCCCC(=O)O.CC(C)CCCCCCCCCCCCCCC(=O)O.CC(C)CCCCCCCCCCCCCCC(=O)O.OC[C@@H](O)[C@@H](O)[C@H](O)[C@@H](O)CO. The lowest BCUT2D eigenvalue weighted by molar-refractivity contribution is -0.138. The Kier molecular flexibility index (Phi) is 86.6. The molecule has 0 unspecified atom stereocenters. The molecular formula is C78H158O14. The summed E-state index contributed by atoms with van der Waals surface area (Å²) in [4.78, 5) is 41.3. The van der Waals surface area contributed by atoms with Crippen molar-refractivity contribution < 1.29 is 70.2 Å². The molecule has 10 N–H and O–H groups in total. The number of aliphatic hydroxyl groups excluding tert-OH is 6. The van der Waals surface area contributed by atoms with Gasteiger partial charge in [-0.15, -0.1) is 0 Å². The molecule has 0 aromatic carbocycles. The van der Waals surface area contributed by atoms with Crippen LogP contribution in [0.2, 0.25) is 0 Å². The van der Waals surface area contributed by atoms with Gasteiger partial charge in [-0.1, -0.05) is 364 Å². The minimum absolute atomic E-state index is 0.344. The highest BCUT2D eigenvalue weighted by molar-refractivity contribution is 5.67. The molecule has 0 bridgehead atoms. The van der Waals surface area contributed by atoms with E-state index in [-0.39, 0.29) is 0 Å². The van der Waals surface area contributed by atoms with Crippen LogP contribution in [-0.2, 0) is 19.2 Å². The van der Waals surface area contributed by atoms with Crippen molar-refractivity contribution in [1.82, 2.24) is 0 Å². The Balaban J connectivity index is -0.000000346. The Morgan fingerprint density at radius 3 is 0.413 bits per heavy atom. The predicted molar refractivity (Wildman–Crippen MR) is 387 cm³/mol. The van der Waals surface area contributed by atoms with Crippen LogP contribution < -0.4 is 0 Å². The van der Waals surface area contributed by atoms with Gasteiger partial charge in [-0.2, -0.15) is 0 Å². The Hall–Kier alpha value is -2.36. The van der Waals surface area contributed by atoms with E-state index in [0.717, 1.165) is 75.0 Å². The first-order valence-corrected chi connectivity index (χ1v) is 38.9. The van der Waals surface area contributed by atoms with Crippen molar-refractivity contribution in [3.8, 4) is 0 Å². The molecule has 14 heteroatoms. The lowest BCUT2D eigenvalue weighted by Crippen LogP contribution is -2.46. The quantitative estimate of drug-likeness (QED) is 0.0254. The summed E-state index contributed by atoms with van der Waals surface area (Å²) in [5, 5.41) is 86.2. The molecule has 4 atom stereocenters. The average Bonchev–Trinajstić information content (AvgIpc) is 1.56. The number of carbonyl (C=O) groups is 4.